The van der Waals surface area contributed by atoms with Gasteiger partial charge in [0.15, 0.2) is 0 Å². The third-order valence-electron chi connectivity index (χ3n) is 5.90. The number of aromatic nitrogens is 2. The van der Waals surface area contributed by atoms with Gasteiger partial charge in [0.1, 0.15) is 0 Å². The van der Waals surface area contributed by atoms with E-state index in [1.54, 1.807) is 6.20 Å². The molecule has 6 heteroatoms. The van der Waals surface area contributed by atoms with E-state index in [4.69, 9.17) is 0 Å². The summed E-state index contributed by atoms with van der Waals surface area (Å²) in [6.07, 6.45) is 9.23. The summed E-state index contributed by atoms with van der Waals surface area (Å²) in [5, 5.41) is 9.91. The lowest BCUT2D eigenvalue weighted by Crippen LogP contribution is -2.48. The molecule has 0 radical (unpaired) electrons. The average Bonchev–Trinajstić information content (AvgIpc) is 2.68. The van der Waals surface area contributed by atoms with Gasteiger partial charge in [-0.3, -0.25) is 4.79 Å². The van der Waals surface area contributed by atoms with Crippen LogP contribution in [0.25, 0.3) is 0 Å². The van der Waals surface area contributed by atoms with Gasteiger partial charge in [0.2, 0.25) is 5.95 Å². The Labute approximate surface area is 156 Å². The van der Waals surface area contributed by atoms with Crippen LogP contribution < -0.4 is 4.90 Å². The van der Waals surface area contributed by atoms with E-state index in [2.05, 4.69) is 21.8 Å². The van der Waals surface area contributed by atoms with E-state index in [0.717, 1.165) is 57.0 Å². The summed E-state index contributed by atoms with van der Waals surface area (Å²) in [6.45, 7) is 7.55. The van der Waals surface area contributed by atoms with Crippen molar-refractivity contribution in [1.29, 1.82) is 0 Å². The first-order valence-electron chi connectivity index (χ1n) is 10.1. The number of rotatable bonds is 5. The van der Waals surface area contributed by atoms with Crippen LogP contribution in [-0.4, -0.2) is 58.7 Å². The van der Waals surface area contributed by atoms with Crippen molar-refractivity contribution in [3.63, 3.8) is 0 Å². The number of aliphatic hydroxyl groups excluding tert-OH is 1. The Balaban J connectivity index is 1.74. The van der Waals surface area contributed by atoms with Crippen LogP contribution in [0.15, 0.2) is 6.20 Å². The maximum Gasteiger partial charge on any atom is 0.257 e. The van der Waals surface area contributed by atoms with Gasteiger partial charge in [0, 0.05) is 37.8 Å². The van der Waals surface area contributed by atoms with Crippen LogP contribution in [0.4, 0.5) is 5.95 Å². The Hall–Kier alpha value is -1.69. The molecule has 1 aromatic rings. The summed E-state index contributed by atoms with van der Waals surface area (Å²) in [7, 11) is 0. The van der Waals surface area contributed by atoms with Gasteiger partial charge >= 0.3 is 0 Å². The highest BCUT2D eigenvalue weighted by atomic mass is 16.3. The van der Waals surface area contributed by atoms with Gasteiger partial charge in [-0.2, -0.15) is 0 Å². The molecule has 3 rings (SSSR count). The van der Waals surface area contributed by atoms with Gasteiger partial charge in [-0.05, 0) is 45.4 Å². The van der Waals surface area contributed by atoms with Crippen LogP contribution >= 0.6 is 0 Å². The number of aliphatic hydroxyl groups is 1. The normalized spacial score (nSPS) is 24.0. The molecule has 0 aliphatic carbocycles. The highest BCUT2D eigenvalue weighted by molar-refractivity contribution is 5.95. The second kappa shape index (κ2) is 8.33. The van der Waals surface area contributed by atoms with Crippen molar-refractivity contribution in [3.8, 4) is 0 Å². The molecular formula is C20H32N4O2. The molecule has 2 aliphatic rings. The van der Waals surface area contributed by atoms with Crippen LogP contribution in [0.3, 0.4) is 0 Å². The molecule has 26 heavy (non-hydrogen) atoms. The molecule has 3 heterocycles. The monoisotopic (exact) mass is 360 g/mol. The van der Waals surface area contributed by atoms with Crippen molar-refractivity contribution in [3.05, 3.63) is 17.5 Å². The Kier molecular flexibility index (Phi) is 6.12. The maximum atomic E-state index is 13.1. The average molecular weight is 361 g/mol. The zero-order valence-electron chi connectivity index (χ0n) is 16.2. The molecule has 2 aliphatic heterocycles. The number of carbonyl (C=O) groups excluding carboxylic acids is 1. The predicted molar refractivity (Wildman–Crippen MR) is 102 cm³/mol. The third kappa shape index (κ3) is 4.00. The number of amides is 1. The first-order valence-corrected chi connectivity index (χ1v) is 10.1. The van der Waals surface area contributed by atoms with E-state index >= 15 is 0 Å². The number of piperidine rings is 2. The quantitative estimate of drug-likeness (QED) is 0.874. The molecule has 0 spiro atoms. The number of anilines is 1. The van der Waals surface area contributed by atoms with Crippen LogP contribution in [0, 0.1) is 12.3 Å². The van der Waals surface area contributed by atoms with Gasteiger partial charge in [0.25, 0.3) is 5.91 Å². The van der Waals surface area contributed by atoms with Crippen LogP contribution in [0.2, 0.25) is 0 Å². The number of nitrogens with zero attached hydrogens (tertiary/aromatic N) is 4. The Bertz CT molecular complexity index is 626. The highest BCUT2D eigenvalue weighted by Crippen LogP contribution is 2.34. The van der Waals surface area contributed by atoms with Gasteiger partial charge in [-0.1, -0.05) is 13.3 Å². The van der Waals surface area contributed by atoms with Gasteiger partial charge in [0.05, 0.1) is 17.9 Å². The van der Waals surface area contributed by atoms with Crippen LogP contribution in [0.1, 0.15) is 67.9 Å². The molecule has 144 valence electrons. The van der Waals surface area contributed by atoms with E-state index in [9.17, 15) is 9.90 Å². The Morgan fingerprint density at radius 1 is 1.23 bits per heavy atom. The summed E-state index contributed by atoms with van der Waals surface area (Å²) >= 11 is 0. The Morgan fingerprint density at radius 3 is 2.65 bits per heavy atom. The largest absolute Gasteiger partial charge is 0.396 e. The third-order valence-corrected chi connectivity index (χ3v) is 5.90. The lowest BCUT2D eigenvalue weighted by Gasteiger charge is -2.42. The molecule has 2 saturated heterocycles. The lowest BCUT2D eigenvalue weighted by molar-refractivity contribution is 0.0221. The van der Waals surface area contributed by atoms with E-state index in [0.29, 0.717) is 12.1 Å². The smallest absolute Gasteiger partial charge is 0.257 e. The van der Waals surface area contributed by atoms with Crippen molar-refractivity contribution in [2.45, 2.75) is 58.8 Å². The van der Waals surface area contributed by atoms with Gasteiger partial charge in [-0.25, -0.2) is 9.97 Å². The van der Waals surface area contributed by atoms with E-state index < -0.39 is 0 Å². The molecule has 2 fully saturated rings. The number of aryl methyl sites for hydroxylation is 1. The molecular weight excluding hydrogens is 328 g/mol. The molecule has 0 unspecified atom stereocenters. The van der Waals surface area contributed by atoms with Crippen LogP contribution in [0.5, 0.6) is 0 Å². The first-order chi connectivity index (χ1) is 12.6. The highest BCUT2D eigenvalue weighted by Gasteiger charge is 2.36. The second-order valence-electron chi connectivity index (χ2n) is 7.96. The zero-order chi connectivity index (χ0) is 18.6. The summed E-state index contributed by atoms with van der Waals surface area (Å²) in [6, 6.07) is 0. The van der Waals surface area contributed by atoms with Crippen molar-refractivity contribution >= 4 is 11.9 Å². The van der Waals surface area contributed by atoms with E-state index in [1.165, 1.54) is 19.3 Å². The minimum Gasteiger partial charge on any atom is -0.396 e. The van der Waals surface area contributed by atoms with E-state index in [-0.39, 0.29) is 17.9 Å². The SMILES string of the molecule is CCC[C@]1(CO)CCCN(C(=O)c2cnc(N3CCCCC3)nc2C)C1. The number of hydrogen-bond acceptors (Lipinski definition) is 5. The number of carbonyl (C=O) groups is 1. The number of likely N-dealkylation sites (tertiary alicyclic amines) is 1. The molecule has 0 bridgehead atoms. The standard InChI is InChI=1S/C20H32N4O2/c1-3-8-20(15-25)9-7-12-24(14-20)18(26)17-13-21-19(22-16(17)2)23-10-5-4-6-11-23/h13,25H,3-12,14-15H2,1-2H3/t20-/m0/s1. The fourth-order valence-corrected chi connectivity index (χ4v) is 4.41. The Morgan fingerprint density at radius 2 is 2.00 bits per heavy atom. The minimum atomic E-state index is -0.148. The van der Waals surface area contributed by atoms with Gasteiger partial charge in [-0.15, -0.1) is 0 Å². The molecule has 0 aromatic carbocycles. The second-order valence-corrected chi connectivity index (χ2v) is 7.96. The van der Waals surface area contributed by atoms with Gasteiger partial charge < -0.3 is 14.9 Å². The lowest BCUT2D eigenvalue weighted by atomic mass is 9.77. The van der Waals surface area contributed by atoms with E-state index in [1.807, 2.05) is 11.8 Å². The minimum absolute atomic E-state index is 0.00122. The van der Waals surface area contributed by atoms with Crippen molar-refractivity contribution in [2.24, 2.45) is 5.41 Å². The molecule has 1 atom stereocenters. The van der Waals surface area contributed by atoms with Crippen molar-refractivity contribution in [2.75, 3.05) is 37.7 Å². The van der Waals surface area contributed by atoms with Crippen LogP contribution in [-0.2, 0) is 0 Å². The van der Waals surface area contributed by atoms with Crippen molar-refractivity contribution in [1.82, 2.24) is 14.9 Å². The molecule has 1 amide bonds. The molecule has 0 saturated carbocycles. The maximum absolute atomic E-state index is 13.1. The summed E-state index contributed by atoms with van der Waals surface area (Å²) in [4.78, 5) is 26.3. The zero-order valence-corrected chi connectivity index (χ0v) is 16.2. The fraction of sp³-hybridized carbons (Fsp3) is 0.750. The van der Waals surface area contributed by atoms with Crippen molar-refractivity contribution < 1.29 is 9.90 Å². The molecule has 6 nitrogen and oxygen atoms in total. The summed E-state index contributed by atoms with van der Waals surface area (Å²) < 4.78 is 0. The number of hydrogen-bond donors (Lipinski definition) is 1. The topological polar surface area (TPSA) is 69.6 Å². The first kappa shape index (κ1) is 19.1. The fourth-order valence-electron chi connectivity index (χ4n) is 4.41. The predicted octanol–water partition coefficient (Wildman–Crippen LogP) is 2.79. The summed E-state index contributed by atoms with van der Waals surface area (Å²) in [5.41, 5.74) is 1.20. The molecule has 1 N–H and O–H groups in total. The summed E-state index contributed by atoms with van der Waals surface area (Å²) in [5.74, 6) is 0.745. The molecule has 1 aromatic heterocycles.